The van der Waals surface area contributed by atoms with Crippen molar-refractivity contribution in [3.8, 4) is 17.1 Å². The summed E-state index contributed by atoms with van der Waals surface area (Å²) in [6.07, 6.45) is -4.37. The van der Waals surface area contributed by atoms with E-state index in [0.29, 0.717) is 28.5 Å². The zero-order valence-corrected chi connectivity index (χ0v) is 12.4. The van der Waals surface area contributed by atoms with Crippen molar-refractivity contribution < 1.29 is 17.9 Å². The minimum atomic E-state index is -4.37. The van der Waals surface area contributed by atoms with Crippen LogP contribution in [0.25, 0.3) is 11.4 Å². The second kappa shape index (κ2) is 6.19. The highest BCUT2D eigenvalue weighted by molar-refractivity contribution is 5.78. The van der Waals surface area contributed by atoms with E-state index in [4.69, 9.17) is 4.74 Å². The Hall–Kier alpha value is -3.10. The van der Waals surface area contributed by atoms with Crippen molar-refractivity contribution in [1.82, 2.24) is 20.6 Å². The van der Waals surface area contributed by atoms with E-state index in [1.165, 1.54) is 19.2 Å². The third-order valence-corrected chi connectivity index (χ3v) is 3.30. The number of methoxy groups -OCH3 is 1. The summed E-state index contributed by atoms with van der Waals surface area (Å²) < 4.78 is 43.0. The molecule has 0 bridgehead atoms. The van der Waals surface area contributed by atoms with E-state index in [-0.39, 0.29) is 0 Å². The molecule has 124 valence electrons. The lowest BCUT2D eigenvalue weighted by atomic mass is 10.1. The van der Waals surface area contributed by atoms with Crippen molar-refractivity contribution in [1.29, 1.82) is 0 Å². The molecule has 24 heavy (non-hydrogen) atoms. The van der Waals surface area contributed by atoms with Gasteiger partial charge >= 0.3 is 6.18 Å². The number of nitrogens with zero attached hydrogens (tertiary/aromatic N) is 3. The molecule has 0 aliphatic rings. The molecule has 0 saturated carbocycles. The van der Waals surface area contributed by atoms with Gasteiger partial charge in [0.05, 0.1) is 18.2 Å². The molecule has 1 heterocycles. The topological polar surface area (TPSA) is 75.7 Å². The Morgan fingerprint density at radius 3 is 2.42 bits per heavy atom. The second-order valence-electron chi connectivity index (χ2n) is 4.85. The average Bonchev–Trinajstić information content (AvgIpc) is 3.09. The lowest BCUT2D eigenvalue weighted by molar-refractivity contribution is -0.137. The molecule has 2 N–H and O–H groups in total. The van der Waals surface area contributed by atoms with Gasteiger partial charge in [0.15, 0.2) is 0 Å². The maximum atomic E-state index is 12.6. The van der Waals surface area contributed by atoms with E-state index in [2.05, 4.69) is 25.9 Å². The summed E-state index contributed by atoms with van der Waals surface area (Å²) in [6, 6.07) is 9.88. The number of benzene rings is 2. The largest absolute Gasteiger partial charge is 0.497 e. The van der Waals surface area contributed by atoms with Gasteiger partial charge in [0.1, 0.15) is 5.75 Å². The highest BCUT2D eigenvalue weighted by Crippen LogP contribution is 2.33. The van der Waals surface area contributed by atoms with Crippen molar-refractivity contribution in [2.45, 2.75) is 6.18 Å². The average molecular weight is 335 g/mol. The number of ether oxygens (including phenoxy) is 1. The monoisotopic (exact) mass is 335 g/mol. The van der Waals surface area contributed by atoms with E-state index < -0.39 is 11.7 Å². The number of hydrogen-bond acceptors (Lipinski definition) is 5. The molecule has 0 amide bonds. The van der Waals surface area contributed by atoms with Crippen LogP contribution in [0.2, 0.25) is 0 Å². The molecule has 0 unspecified atom stereocenters. The lowest BCUT2D eigenvalue weighted by Crippen LogP contribution is -2.04. The van der Waals surface area contributed by atoms with Gasteiger partial charge in [-0.3, -0.25) is 0 Å². The third-order valence-electron chi connectivity index (χ3n) is 3.30. The second-order valence-corrected chi connectivity index (χ2v) is 4.85. The molecule has 0 atom stereocenters. The molecule has 0 saturated heterocycles. The van der Waals surface area contributed by atoms with Gasteiger partial charge < -0.3 is 10.1 Å². The van der Waals surface area contributed by atoms with Crippen LogP contribution in [0.3, 0.4) is 0 Å². The summed E-state index contributed by atoms with van der Waals surface area (Å²) in [5.41, 5.74) is 0.999. The van der Waals surface area contributed by atoms with Crippen molar-refractivity contribution >= 4 is 11.4 Å². The molecular formula is C15H12F3N5O. The predicted octanol–water partition coefficient (Wildman–Crippen LogP) is 3.64. The Morgan fingerprint density at radius 2 is 1.83 bits per heavy atom. The molecule has 2 aromatic carbocycles. The van der Waals surface area contributed by atoms with Gasteiger partial charge in [-0.05, 0) is 47.7 Å². The number of anilines is 2. The van der Waals surface area contributed by atoms with E-state index in [1.807, 2.05) is 0 Å². The van der Waals surface area contributed by atoms with Crippen LogP contribution in [0.5, 0.6) is 5.75 Å². The maximum absolute atomic E-state index is 12.6. The van der Waals surface area contributed by atoms with Gasteiger partial charge in [0.2, 0.25) is 5.82 Å². The fourth-order valence-electron chi connectivity index (χ4n) is 2.12. The van der Waals surface area contributed by atoms with Gasteiger partial charge in [-0.25, -0.2) is 0 Å². The van der Waals surface area contributed by atoms with Crippen LogP contribution in [0, 0.1) is 0 Å². The van der Waals surface area contributed by atoms with Crippen LogP contribution >= 0.6 is 0 Å². The van der Waals surface area contributed by atoms with Crippen LogP contribution in [0.1, 0.15) is 5.56 Å². The SMILES string of the molecule is COc1ccc(Nc2ccc(C(F)(F)F)cc2)c(-c2nn[nH]n2)c1. The summed E-state index contributed by atoms with van der Waals surface area (Å²) in [4.78, 5) is 0. The number of nitrogens with one attached hydrogen (secondary N) is 2. The summed E-state index contributed by atoms with van der Waals surface area (Å²) in [6.45, 7) is 0. The van der Waals surface area contributed by atoms with Crippen LogP contribution in [0.4, 0.5) is 24.5 Å². The first-order chi connectivity index (χ1) is 11.5. The molecule has 3 aromatic rings. The van der Waals surface area contributed by atoms with Gasteiger partial charge in [0, 0.05) is 11.4 Å². The first-order valence-corrected chi connectivity index (χ1v) is 6.83. The fourth-order valence-corrected chi connectivity index (χ4v) is 2.12. The van der Waals surface area contributed by atoms with Gasteiger partial charge in [-0.2, -0.15) is 18.4 Å². The van der Waals surface area contributed by atoms with E-state index in [0.717, 1.165) is 12.1 Å². The summed E-state index contributed by atoms with van der Waals surface area (Å²) in [5, 5.41) is 16.8. The Balaban J connectivity index is 1.92. The van der Waals surface area contributed by atoms with Crippen molar-refractivity contribution in [3.63, 3.8) is 0 Å². The van der Waals surface area contributed by atoms with Crippen molar-refractivity contribution in [2.24, 2.45) is 0 Å². The summed E-state index contributed by atoms with van der Waals surface area (Å²) in [7, 11) is 1.53. The van der Waals surface area contributed by atoms with Crippen molar-refractivity contribution in [2.75, 3.05) is 12.4 Å². The molecule has 0 radical (unpaired) electrons. The Kier molecular flexibility index (Phi) is 4.07. The number of hydrogen-bond donors (Lipinski definition) is 2. The number of tetrazole rings is 1. The fraction of sp³-hybridized carbons (Fsp3) is 0.133. The lowest BCUT2D eigenvalue weighted by Gasteiger charge is -2.13. The normalized spacial score (nSPS) is 11.3. The number of aromatic amines is 1. The molecule has 0 aliphatic carbocycles. The maximum Gasteiger partial charge on any atom is 0.416 e. The standard InChI is InChI=1S/C15H12F3N5O/c1-24-11-6-7-13(12(8-11)14-20-22-23-21-14)19-10-4-2-9(3-5-10)15(16,17)18/h2-8,19H,1H3,(H,20,21,22,23). The Bertz CT molecular complexity index is 816. The molecule has 1 aromatic heterocycles. The number of alkyl halides is 3. The highest BCUT2D eigenvalue weighted by Gasteiger charge is 2.29. The quantitative estimate of drug-likeness (QED) is 0.761. The van der Waals surface area contributed by atoms with Crippen molar-refractivity contribution in [3.05, 3.63) is 48.0 Å². The van der Waals surface area contributed by atoms with Crippen LogP contribution < -0.4 is 10.1 Å². The van der Waals surface area contributed by atoms with Crippen LogP contribution in [-0.2, 0) is 6.18 Å². The first kappa shape index (κ1) is 15.8. The highest BCUT2D eigenvalue weighted by atomic mass is 19.4. The molecule has 0 fully saturated rings. The van der Waals surface area contributed by atoms with Gasteiger partial charge in [-0.1, -0.05) is 0 Å². The molecule has 0 spiro atoms. The molecule has 9 heteroatoms. The number of H-pyrrole nitrogens is 1. The first-order valence-electron chi connectivity index (χ1n) is 6.83. The van der Waals surface area contributed by atoms with E-state index in [1.54, 1.807) is 18.2 Å². The third kappa shape index (κ3) is 3.29. The number of rotatable bonds is 4. The zero-order valence-electron chi connectivity index (χ0n) is 12.4. The summed E-state index contributed by atoms with van der Waals surface area (Å²) >= 11 is 0. The molecule has 6 nitrogen and oxygen atoms in total. The van der Waals surface area contributed by atoms with Crippen LogP contribution in [0.15, 0.2) is 42.5 Å². The van der Waals surface area contributed by atoms with Crippen LogP contribution in [-0.4, -0.2) is 27.7 Å². The Morgan fingerprint density at radius 1 is 1.08 bits per heavy atom. The number of halogens is 3. The Labute approximate surface area is 134 Å². The number of aromatic nitrogens is 4. The molecule has 0 aliphatic heterocycles. The smallest absolute Gasteiger partial charge is 0.416 e. The van der Waals surface area contributed by atoms with Gasteiger partial charge in [-0.15, -0.1) is 10.2 Å². The minimum Gasteiger partial charge on any atom is -0.497 e. The van der Waals surface area contributed by atoms with Gasteiger partial charge in [0.25, 0.3) is 0 Å². The van der Waals surface area contributed by atoms with E-state index in [9.17, 15) is 13.2 Å². The summed E-state index contributed by atoms with van der Waals surface area (Å²) in [5.74, 6) is 0.927. The zero-order chi connectivity index (χ0) is 17.2. The minimum absolute atomic E-state index is 0.336. The molecular weight excluding hydrogens is 323 g/mol. The van der Waals surface area contributed by atoms with E-state index >= 15 is 0 Å². The molecule has 3 rings (SSSR count). The predicted molar refractivity (Wildman–Crippen MR) is 80.9 cm³/mol.